The van der Waals surface area contributed by atoms with Gasteiger partial charge in [0.05, 0.1) is 6.10 Å². The van der Waals surface area contributed by atoms with E-state index in [4.69, 9.17) is 14.6 Å². The van der Waals surface area contributed by atoms with E-state index in [2.05, 4.69) is 22.8 Å². The number of nitrogens with one attached hydrogen (secondary N) is 2. The summed E-state index contributed by atoms with van der Waals surface area (Å²) in [6.45, 7) is 1.91. The Kier molecular flexibility index (Phi) is 7.14. The quantitative estimate of drug-likeness (QED) is 0.465. The van der Waals surface area contributed by atoms with Crippen LogP contribution in [0.5, 0.6) is 0 Å². The van der Waals surface area contributed by atoms with Gasteiger partial charge in [-0.2, -0.15) is 0 Å². The van der Waals surface area contributed by atoms with Crippen LogP contribution in [0, 0.1) is 5.92 Å². The van der Waals surface area contributed by atoms with E-state index in [0.717, 1.165) is 22.3 Å². The van der Waals surface area contributed by atoms with E-state index < -0.39 is 36.2 Å². The second-order valence-electron chi connectivity index (χ2n) is 8.61. The van der Waals surface area contributed by atoms with Crippen molar-refractivity contribution in [1.29, 1.82) is 0 Å². The van der Waals surface area contributed by atoms with Crippen molar-refractivity contribution in [2.75, 3.05) is 19.8 Å². The molecule has 2 amide bonds. The van der Waals surface area contributed by atoms with Crippen LogP contribution in [-0.2, 0) is 19.1 Å². The monoisotopic (exact) mass is 468 g/mol. The fraction of sp³-hybridized carbons (Fsp3) is 0.400. The lowest BCUT2D eigenvalue weighted by Crippen LogP contribution is -2.52. The molecule has 2 aromatic carbocycles. The van der Waals surface area contributed by atoms with Gasteiger partial charge in [-0.15, -0.1) is 0 Å². The summed E-state index contributed by atoms with van der Waals surface area (Å²) in [6, 6.07) is 14.7. The van der Waals surface area contributed by atoms with Crippen molar-refractivity contribution < 1.29 is 34.1 Å². The van der Waals surface area contributed by atoms with Crippen LogP contribution >= 0.6 is 0 Å². The number of carboxylic acid groups (broad SMARTS) is 1. The average Bonchev–Trinajstić information content (AvgIpc) is 3.42. The van der Waals surface area contributed by atoms with E-state index in [0.29, 0.717) is 13.0 Å². The van der Waals surface area contributed by atoms with Crippen molar-refractivity contribution in [3.63, 3.8) is 0 Å². The van der Waals surface area contributed by atoms with Crippen LogP contribution in [0.2, 0.25) is 0 Å². The van der Waals surface area contributed by atoms with Crippen molar-refractivity contribution in [3.8, 4) is 11.1 Å². The third-order valence-corrected chi connectivity index (χ3v) is 6.37. The summed E-state index contributed by atoms with van der Waals surface area (Å²) >= 11 is 0. The molecule has 2 unspecified atom stereocenters. The van der Waals surface area contributed by atoms with Gasteiger partial charge in [0.2, 0.25) is 5.91 Å². The SMILES string of the molecule is CC(O)C(NC(=O)[C@@H]1OCC[C@@H]1CNC(=O)OCC1c2ccccc2-c2ccccc21)C(=O)O. The van der Waals surface area contributed by atoms with Crippen LogP contribution in [0.3, 0.4) is 0 Å². The number of fused-ring (bicyclic) bond motifs is 3. The Morgan fingerprint density at radius 2 is 1.71 bits per heavy atom. The predicted octanol–water partition coefficient (Wildman–Crippen LogP) is 1.88. The lowest BCUT2D eigenvalue weighted by Gasteiger charge is -2.22. The summed E-state index contributed by atoms with van der Waals surface area (Å²) in [5, 5.41) is 23.7. The van der Waals surface area contributed by atoms with E-state index in [-0.39, 0.29) is 25.0 Å². The number of ether oxygens (including phenoxy) is 2. The molecule has 0 radical (unpaired) electrons. The summed E-state index contributed by atoms with van der Waals surface area (Å²) in [5.41, 5.74) is 4.51. The number of carboxylic acids is 1. The van der Waals surface area contributed by atoms with Gasteiger partial charge >= 0.3 is 12.1 Å². The molecule has 180 valence electrons. The molecule has 1 saturated heterocycles. The largest absolute Gasteiger partial charge is 0.480 e. The van der Waals surface area contributed by atoms with Gasteiger partial charge in [-0.3, -0.25) is 4.79 Å². The predicted molar refractivity (Wildman–Crippen MR) is 122 cm³/mol. The molecule has 1 fully saturated rings. The highest BCUT2D eigenvalue weighted by Crippen LogP contribution is 2.44. The number of carbonyl (C=O) groups is 3. The van der Waals surface area contributed by atoms with Gasteiger partial charge in [0.15, 0.2) is 6.04 Å². The number of aliphatic carboxylic acids is 1. The zero-order valence-corrected chi connectivity index (χ0v) is 18.8. The third kappa shape index (κ3) is 4.90. The number of aliphatic hydroxyl groups is 1. The van der Waals surface area contributed by atoms with Gasteiger partial charge in [-0.05, 0) is 35.6 Å². The van der Waals surface area contributed by atoms with Crippen molar-refractivity contribution in [3.05, 3.63) is 59.7 Å². The number of amides is 2. The molecule has 4 N–H and O–H groups in total. The first-order valence-electron chi connectivity index (χ1n) is 11.3. The first-order valence-corrected chi connectivity index (χ1v) is 11.3. The molecule has 0 bridgehead atoms. The molecular weight excluding hydrogens is 440 g/mol. The Morgan fingerprint density at radius 3 is 2.29 bits per heavy atom. The Balaban J connectivity index is 1.31. The molecule has 1 aliphatic carbocycles. The van der Waals surface area contributed by atoms with Gasteiger partial charge in [0, 0.05) is 25.0 Å². The Morgan fingerprint density at radius 1 is 1.09 bits per heavy atom. The maximum atomic E-state index is 12.5. The van der Waals surface area contributed by atoms with Crippen molar-refractivity contribution in [2.45, 2.75) is 37.5 Å². The number of rotatable bonds is 8. The van der Waals surface area contributed by atoms with Crippen LogP contribution in [0.15, 0.2) is 48.5 Å². The molecule has 1 aliphatic heterocycles. The van der Waals surface area contributed by atoms with Crippen molar-refractivity contribution >= 4 is 18.0 Å². The standard InChI is InChI=1S/C25H28N2O7/c1-14(28)21(24(30)31)27-23(29)22-15(10-11-33-22)12-26-25(32)34-13-20-18-8-4-2-6-16(18)17-7-3-5-9-19(17)20/h2-9,14-15,20-22,28H,10-13H2,1H3,(H,26,32)(H,27,29)(H,30,31)/t14?,15-,21?,22-/m1/s1. The molecule has 0 saturated carbocycles. The Bertz CT molecular complexity index is 1030. The fourth-order valence-electron chi connectivity index (χ4n) is 4.62. The lowest BCUT2D eigenvalue weighted by molar-refractivity contribution is -0.147. The van der Waals surface area contributed by atoms with E-state index >= 15 is 0 Å². The smallest absolute Gasteiger partial charge is 0.407 e. The number of hydrogen-bond donors (Lipinski definition) is 4. The minimum atomic E-state index is -1.44. The highest BCUT2D eigenvalue weighted by Gasteiger charge is 2.37. The fourth-order valence-corrected chi connectivity index (χ4v) is 4.62. The second kappa shape index (κ2) is 10.2. The molecule has 9 heteroatoms. The zero-order valence-electron chi connectivity index (χ0n) is 18.8. The molecule has 9 nitrogen and oxygen atoms in total. The number of carbonyl (C=O) groups excluding carboxylic acids is 2. The topological polar surface area (TPSA) is 134 Å². The van der Waals surface area contributed by atoms with E-state index in [1.807, 2.05) is 36.4 Å². The first kappa shape index (κ1) is 23.7. The second-order valence-corrected chi connectivity index (χ2v) is 8.61. The molecule has 34 heavy (non-hydrogen) atoms. The average molecular weight is 469 g/mol. The van der Waals surface area contributed by atoms with Crippen LogP contribution in [0.25, 0.3) is 11.1 Å². The maximum Gasteiger partial charge on any atom is 0.407 e. The van der Waals surface area contributed by atoms with Gasteiger partial charge < -0.3 is 30.3 Å². The van der Waals surface area contributed by atoms with Gasteiger partial charge in [0.25, 0.3) is 0 Å². The highest BCUT2D eigenvalue weighted by molar-refractivity contribution is 5.87. The van der Waals surface area contributed by atoms with Crippen LogP contribution < -0.4 is 10.6 Å². The maximum absolute atomic E-state index is 12.5. The summed E-state index contributed by atoms with van der Waals surface area (Å²) in [5.74, 6) is -2.37. The van der Waals surface area contributed by atoms with Gasteiger partial charge in [-0.25, -0.2) is 9.59 Å². The van der Waals surface area contributed by atoms with Crippen LogP contribution in [0.1, 0.15) is 30.4 Å². The summed E-state index contributed by atoms with van der Waals surface area (Å²) in [4.78, 5) is 36.2. The first-order chi connectivity index (χ1) is 16.4. The normalized spacial score (nSPS) is 20.6. The van der Waals surface area contributed by atoms with Gasteiger partial charge in [-0.1, -0.05) is 48.5 Å². The highest BCUT2D eigenvalue weighted by atomic mass is 16.5. The van der Waals surface area contributed by atoms with Crippen LogP contribution in [-0.4, -0.2) is 66.2 Å². The van der Waals surface area contributed by atoms with E-state index in [1.165, 1.54) is 6.92 Å². The molecule has 0 spiro atoms. The summed E-state index contributed by atoms with van der Waals surface area (Å²) in [7, 11) is 0. The Hall–Kier alpha value is -3.43. The van der Waals surface area contributed by atoms with Crippen molar-refractivity contribution in [2.24, 2.45) is 5.92 Å². The molecule has 0 aromatic heterocycles. The number of benzene rings is 2. The van der Waals surface area contributed by atoms with Crippen molar-refractivity contribution in [1.82, 2.24) is 10.6 Å². The van der Waals surface area contributed by atoms with Crippen LogP contribution in [0.4, 0.5) is 4.79 Å². The van der Waals surface area contributed by atoms with Gasteiger partial charge in [0.1, 0.15) is 12.7 Å². The molecular formula is C25H28N2O7. The molecule has 4 rings (SSSR count). The van der Waals surface area contributed by atoms with E-state index in [9.17, 15) is 19.5 Å². The summed E-state index contributed by atoms with van der Waals surface area (Å²) < 4.78 is 11.0. The number of hydrogen-bond acceptors (Lipinski definition) is 6. The Labute approximate surface area is 197 Å². The molecule has 2 aromatic rings. The minimum Gasteiger partial charge on any atom is -0.480 e. The third-order valence-electron chi connectivity index (χ3n) is 6.37. The number of aliphatic hydroxyl groups excluding tert-OH is 1. The summed E-state index contributed by atoms with van der Waals surface area (Å²) in [6.07, 6.45) is -2.26. The lowest BCUT2D eigenvalue weighted by atomic mass is 9.98. The number of alkyl carbamates (subject to hydrolysis) is 1. The molecule has 1 heterocycles. The zero-order chi connectivity index (χ0) is 24.2. The molecule has 2 aliphatic rings. The minimum absolute atomic E-state index is 0.0556. The van der Waals surface area contributed by atoms with E-state index in [1.54, 1.807) is 0 Å². The molecule has 4 atom stereocenters.